The molecule has 0 spiro atoms. The number of rotatable bonds is 22. The van der Waals surface area contributed by atoms with E-state index in [0.29, 0.717) is 0 Å². The van der Waals surface area contributed by atoms with E-state index in [-0.39, 0.29) is 0 Å². The van der Waals surface area contributed by atoms with Gasteiger partial charge < -0.3 is 5.32 Å². The van der Waals surface area contributed by atoms with Gasteiger partial charge in [0.15, 0.2) is 0 Å². The Morgan fingerprint density at radius 2 is 1.00 bits per heavy atom. The summed E-state index contributed by atoms with van der Waals surface area (Å²) in [7, 11) is 0. The Kier molecular flexibility index (Phi) is 16.1. The molecule has 0 amide bonds. The normalized spacial score (nSPS) is 12.3. The first-order valence-corrected chi connectivity index (χ1v) is 17.3. The van der Waals surface area contributed by atoms with Crippen LogP contribution in [0.4, 0.5) is 11.4 Å². The summed E-state index contributed by atoms with van der Waals surface area (Å²) < 4.78 is 0. The molecule has 38 heavy (non-hydrogen) atoms. The van der Waals surface area contributed by atoms with Crippen molar-refractivity contribution in [3.05, 3.63) is 47.5 Å². The monoisotopic (exact) mass is 535 g/mol. The number of aryl methyl sites for hydroxylation is 1. The molecule has 0 fully saturated rings. The molecule has 0 saturated heterocycles. The van der Waals surface area contributed by atoms with Crippen LogP contribution in [0.3, 0.4) is 0 Å². The van der Waals surface area contributed by atoms with Crippen LogP contribution in [0.2, 0.25) is 0 Å². The first-order valence-electron chi connectivity index (χ1n) is 16.5. The third-order valence-corrected chi connectivity index (χ3v) is 9.45. The van der Waals surface area contributed by atoms with E-state index in [1.54, 1.807) is 11.1 Å². The van der Waals surface area contributed by atoms with E-state index in [1.807, 2.05) is 11.8 Å². The highest BCUT2D eigenvalue weighted by Gasteiger charge is 2.20. The molecule has 2 aromatic rings. The van der Waals surface area contributed by atoms with Crippen molar-refractivity contribution in [2.24, 2.45) is 0 Å². The molecule has 0 unspecified atom stereocenters. The van der Waals surface area contributed by atoms with Crippen LogP contribution in [0.15, 0.2) is 46.2 Å². The Morgan fingerprint density at radius 3 is 1.58 bits per heavy atom. The number of anilines is 2. The second kappa shape index (κ2) is 19.6. The molecule has 0 aromatic heterocycles. The summed E-state index contributed by atoms with van der Waals surface area (Å²) >= 11 is 1.95. The van der Waals surface area contributed by atoms with E-state index >= 15 is 0 Å². The summed E-state index contributed by atoms with van der Waals surface area (Å²) in [5.74, 6) is 0. The van der Waals surface area contributed by atoms with Crippen LogP contribution in [-0.2, 0) is 12.8 Å². The minimum atomic E-state index is 1.22. The molecule has 3 rings (SSSR count). The van der Waals surface area contributed by atoms with E-state index < -0.39 is 0 Å². The van der Waals surface area contributed by atoms with Gasteiger partial charge in [-0.25, -0.2) is 0 Å². The number of hydrogen-bond donors (Lipinski definition) is 1. The molecule has 1 nitrogen and oxygen atoms in total. The Labute approximate surface area is 240 Å². The van der Waals surface area contributed by atoms with Gasteiger partial charge in [0.05, 0.1) is 11.4 Å². The summed E-state index contributed by atoms with van der Waals surface area (Å²) in [5, 5.41) is 3.85. The lowest BCUT2D eigenvalue weighted by Gasteiger charge is -2.25. The molecule has 0 radical (unpaired) electrons. The highest BCUT2D eigenvalue weighted by Crippen LogP contribution is 2.46. The number of fused-ring (bicyclic) bond motifs is 2. The Balaban J connectivity index is 1.46. The Hall–Kier alpha value is -1.41. The van der Waals surface area contributed by atoms with Gasteiger partial charge >= 0.3 is 0 Å². The van der Waals surface area contributed by atoms with Crippen LogP contribution in [0, 0.1) is 0 Å². The first-order chi connectivity index (χ1) is 18.8. The van der Waals surface area contributed by atoms with Gasteiger partial charge in [0, 0.05) is 9.79 Å². The smallest absolute Gasteiger partial charge is 0.0561 e. The number of benzene rings is 2. The van der Waals surface area contributed by atoms with Gasteiger partial charge in [0.25, 0.3) is 0 Å². The van der Waals surface area contributed by atoms with E-state index in [9.17, 15) is 0 Å². The molecule has 1 aliphatic heterocycles. The SMILES string of the molecule is CCCCCCCCCCCCc1ccc2c(c1CCCCCCCCCCCC)Nc1ccccc1S2. The van der Waals surface area contributed by atoms with Crippen molar-refractivity contribution in [2.45, 2.75) is 165 Å². The second-order valence-corrected chi connectivity index (χ2v) is 12.7. The largest absolute Gasteiger partial charge is 0.353 e. The van der Waals surface area contributed by atoms with Crippen LogP contribution in [0.1, 0.15) is 153 Å². The zero-order chi connectivity index (χ0) is 26.7. The highest BCUT2D eigenvalue weighted by atomic mass is 32.2. The molecule has 2 aromatic carbocycles. The quantitative estimate of drug-likeness (QED) is 0.128. The Morgan fingerprint density at radius 1 is 0.500 bits per heavy atom. The lowest BCUT2D eigenvalue weighted by molar-refractivity contribution is 0.553. The Bertz CT molecular complexity index is 889. The highest BCUT2D eigenvalue weighted by molar-refractivity contribution is 7.99. The molecule has 212 valence electrons. The molecule has 0 atom stereocenters. The van der Waals surface area contributed by atoms with Gasteiger partial charge in [-0.15, -0.1) is 0 Å². The maximum Gasteiger partial charge on any atom is 0.0561 e. The van der Waals surface area contributed by atoms with Gasteiger partial charge in [-0.2, -0.15) is 0 Å². The van der Waals surface area contributed by atoms with Crippen molar-refractivity contribution in [3.8, 4) is 0 Å². The van der Waals surface area contributed by atoms with Crippen LogP contribution in [0.5, 0.6) is 0 Å². The standard InChI is InChI=1S/C36H57NS/c1-3-5-7-9-11-13-15-17-19-21-25-31-29-30-35-36(37-33-27-23-24-28-34(33)38-35)32(31)26-22-20-18-16-14-12-10-8-6-4-2/h23-24,27-30,37H,3-22,25-26H2,1-2H3. The van der Waals surface area contributed by atoms with Crippen molar-refractivity contribution in [3.63, 3.8) is 0 Å². The average Bonchev–Trinajstić information content (AvgIpc) is 2.94. The molecule has 2 heteroatoms. The fourth-order valence-corrected chi connectivity index (χ4v) is 6.94. The van der Waals surface area contributed by atoms with Gasteiger partial charge in [0.2, 0.25) is 0 Å². The molecule has 0 saturated carbocycles. The van der Waals surface area contributed by atoms with Gasteiger partial charge in [-0.3, -0.25) is 0 Å². The minimum Gasteiger partial charge on any atom is -0.353 e. The van der Waals surface area contributed by atoms with E-state index in [0.717, 1.165) is 0 Å². The molecular weight excluding hydrogens is 478 g/mol. The average molecular weight is 536 g/mol. The van der Waals surface area contributed by atoms with E-state index in [1.165, 1.54) is 162 Å². The fourth-order valence-electron chi connectivity index (χ4n) is 5.92. The lowest BCUT2D eigenvalue weighted by atomic mass is 9.94. The number of hydrogen-bond acceptors (Lipinski definition) is 2. The maximum absolute atomic E-state index is 3.85. The van der Waals surface area contributed by atoms with Crippen LogP contribution >= 0.6 is 11.8 Å². The molecule has 1 heterocycles. The van der Waals surface area contributed by atoms with Crippen molar-refractivity contribution in [1.82, 2.24) is 0 Å². The lowest BCUT2D eigenvalue weighted by Crippen LogP contribution is -2.07. The summed E-state index contributed by atoms with van der Waals surface area (Å²) in [6.07, 6.45) is 30.6. The maximum atomic E-state index is 3.85. The number of unbranched alkanes of at least 4 members (excludes halogenated alkanes) is 18. The number of nitrogens with one attached hydrogen (secondary N) is 1. The summed E-state index contributed by atoms with van der Waals surface area (Å²) in [5.41, 5.74) is 5.91. The van der Waals surface area contributed by atoms with Crippen molar-refractivity contribution in [1.29, 1.82) is 0 Å². The number of para-hydroxylation sites is 1. The predicted octanol–water partition coefficient (Wildman–Crippen LogP) is 12.8. The van der Waals surface area contributed by atoms with Crippen LogP contribution in [-0.4, -0.2) is 0 Å². The topological polar surface area (TPSA) is 12.0 Å². The summed E-state index contributed by atoms with van der Waals surface area (Å²) in [6.45, 7) is 4.61. The third kappa shape index (κ3) is 11.4. The van der Waals surface area contributed by atoms with Crippen molar-refractivity contribution < 1.29 is 0 Å². The van der Waals surface area contributed by atoms with Gasteiger partial charge in [-0.1, -0.05) is 159 Å². The third-order valence-electron chi connectivity index (χ3n) is 8.32. The van der Waals surface area contributed by atoms with E-state index in [4.69, 9.17) is 0 Å². The molecule has 0 bridgehead atoms. The molecular formula is C36H57NS. The molecule has 1 N–H and O–H groups in total. The second-order valence-electron chi connectivity index (χ2n) is 11.7. The summed E-state index contributed by atoms with van der Waals surface area (Å²) in [4.78, 5) is 2.77. The van der Waals surface area contributed by atoms with Crippen LogP contribution in [0.25, 0.3) is 0 Å². The van der Waals surface area contributed by atoms with Crippen molar-refractivity contribution in [2.75, 3.05) is 5.32 Å². The fraction of sp³-hybridized carbons (Fsp3) is 0.667. The zero-order valence-electron chi connectivity index (χ0n) is 24.9. The molecule has 1 aliphatic rings. The first kappa shape index (κ1) is 31.1. The van der Waals surface area contributed by atoms with Crippen LogP contribution < -0.4 is 5.32 Å². The predicted molar refractivity (Wildman–Crippen MR) is 171 cm³/mol. The molecule has 0 aliphatic carbocycles. The summed E-state index contributed by atoms with van der Waals surface area (Å²) in [6, 6.07) is 13.6. The minimum absolute atomic E-state index is 1.22. The van der Waals surface area contributed by atoms with Gasteiger partial charge in [-0.05, 0) is 55.0 Å². The van der Waals surface area contributed by atoms with Gasteiger partial charge in [0.1, 0.15) is 0 Å². The zero-order valence-corrected chi connectivity index (χ0v) is 25.7. The van der Waals surface area contributed by atoms with Crippen molar-refractivity contribution >= 4 is 23.1 Å². The van der Waals surface area contributed by atoms with E-state index in [2.05, 4.69) is 55.6 Å².